The number of H-pyrrole nitrogens is 1. The predicted molar refractivity (Wildman–Crippen MR) is 86.4 cm³/mol. The maximum absolute atomic E-state index is 12.1. The number of hydrogen-bond acceptors (Lipinski definition) is 3. The van der Waals surface area contributed by atoms with Crippen LogP contribution in [0.5, 0.6) is 0 Å². The molecule has 0 fully saturated rings. The van der Waals surface area contributed by atoms with Crippen molar-refractivity contribution in [2.75, 3.05) is 6.54 Å². The topological polar surface area (TPSA) is 74.8 Å². The summed E-state index contributed by atoms with van der Waals surface area (Å²) in [4.78, 5) is 7.77. The van der Waals surface area contributed by atoms with E-state index in [2.05, 4.69) is 14.7 Å². The van der Waals surface area contributed by atoms with Crippen LogP contribution in [-0.2, 0) is 16.4 Å². The highest BCUT2D eigenvalue weighted by Gasteiger charge is 2.13. The first kappa shape index (κ1) is 15.0. The molecule has 1 aromatic heterocycles. The van der Waals surface area contributed by atoms with E-state index >= 15 is 0 Å². The smallest absolute Gasteiger partial charge is 0.240 e. The molecule has 0 bridgehead atoms. The molecule has 0 spiro atoms. The van der Waals surface area contributed by atoms with Gasteiger partial charge in [0.15, 0.2) is 0 Å². The zero-order valence-corrected chi connectivity index (χ0v) is 13.2. The van der Waals surface area contributed by atoms with E-state index in [0.717, 1.165) is 16.9 Å². The molecule has 0 aliphatic rings. The quantitative estimate of drug-likeness (QED) is 0.752. The molecular weight excluding hydrogens is 322 g/mol. The lowest BCUT2D eigenvalue weighted by molar-refractivity contribution is 0.581. The zero-order chi connectivity index (χ0) is 15.6. The van der Waals surface area contributed by atoms with Gasteiger partial charge in [-0.05, 0) is 36.4 Å². The van der Waals surface area contributed by atoms with Crippen LogP contribution in [-0.4, -0.2) is 24.9 Å². The van der Waals surface area contributed by atoms with Crippen molar-refractivity contribution < 1.29 is 8.42 Å². The van der Waals surface area contributed by atoms with Gasteiger partial charge in [0.25, 0.3) is 0 Å². The SMILES string of the molecule is O=S(=O)(NCCc1nc2ccccc2[nH]1)c1ccc(Cl)cc1. The minimum Gasteiger partial charge on any atom is -0.342 e. The first-order chi connectivity index (χ1) is 10.5. The van der Waals surface area contributed by atoms with Crippen LogP contribution in [0.3, 0.4) is 0 Å². The van der Waals surface area contributed by atoms with Crippen molar-refractivity contribution in [1.29, 1.82) is 0 Å². The fraction of sp³-hybridized carbons (Fsp3) is 0.133. The third kappa shape index (κ3) is 3.30. The second-order valence-corrected chi connectivity index (χ2v) is 7.01. The summed E-state index contributed by atoms with van der Waals surface area (Å²) in [6.07, 6.45) is 0.488. The molecule has 0 saturated carbocycles. The van der Waals surface area contributed by atoms with Crippen LogP contribution < -0.4 is 4.72 Å². The van der Waals surface area contributed by atoms with E-state index in [1.807, 2.05) is 24.3 Å². The molecule has 5 nitrogen and oxygen atoms in total. The molecule has 7 heteroatoms. The van der Waals surface area contributed by atoms with E-state index in [4.69, 9.17) is 11.6 Å². The number of benzene rings is 2. The molecule has 0 unspecified atom stereocenters. The van der Waals surface area contributed by atoms with E-state index in [9.17, 15) is 8.42 Å². The van der Waals surface area contributed by atoms with E-state index in [-0.39, 0.29) is 11.4 Å². The van der Waals surface area contributed by atoms with Crippen molar-refractivity contribution in [3.8, 4) is 0 Å². The Morgan fingerprint density at radius 1 is 1.09 bits per heavy atom. The first-order valence-corrected chi connectivity index (χ1v) is 8.59. The van der Waals surface area contributed by atoms with Gasteiger partial charge >= 0.3 is 0 Å². The Morgan fingerprint density at radius 3 is 2.55 bits per heavy atom. The molecule has 0 saturated heterocycles. The number of nitrogens with one attached hydrogen (secondary N) is 2. The van der Waals surface area contributed by atoms with Crippen LogP contribution in [0.15, 0.2) is 53.4 Å². The maximum atomic E-state index is 12.1. The molecule has 0 amide bonds. The van der Waals surface area contributed by atoms with E-state index < -0.39 is 10.0 Å². The molecule has 1 heterocycles. The number of imidazole rings is 1. The summed E-state index contributed by atoms with van der Waals surface area (Å²) in [5.74, 6) is 0.750. The second kappa shape index (κ2) is 6.08. The fourth-order valence-electron chi connectivity index (χ4n) is 2.12. The lowest BCUT2D eigenvalue weighted by atomic mass is 10.3. The molecular formula is C15H14ClN3O2S. The summed E-state index contributed by atoms with van der Waals surface area (Å²) in [5.41, 5.74) is 1.82. The second-order valence-electron chi connectivity index (χ2n) is 4.80. The number of halogens is 1. The van der Waals surface area contributed by atoms with Crippen LogP contribution in [0, 0.1) is 0 Å². The molecule has 0 atom stereocenters. The van der Waals surface area contributed by atoms with Gasteiger partial charge in [0.05, 0.1) is 15.9 Å². The van der Waals surface area contributed by atoms with Gasteiger partial charge in [-0.25, -0.2) is 18.1 Å². The van der Waals surface area contributed by atoms with Gasteiger partial charge in [-0.15, -0.1) is 0 Å². The van der Waals surface area contributed by atoms with Crippen LogP contribution in [0.25, 0.3) is 11.0 Å². The molecule has 2 N–H and O–H groups in total. The molecule has 0 radical (unpaired) electrons. The Morgan fingerprint density at radius 2 is 1.82 bits per heavy atom. The summed E-state index contributed by atoms with van der Waals surface area (Å²) < 4.78 is 26.8. The number of aromatic amines is 1. The first-order valence-electron chi connectivity index (χ1n) is 6.73. The van der Waals surface area contributed by atoms with Gasteiger partial charge in [0, 0.05) is 18.0 Å². The monoisotopic (exact) mass is 335 g/mol. The zero-order valence-electron chi connectivity index (χ0n) is 11.6. The normalized spacial score (nSPS) is 11.9. The number of rotatable bonds is 5. The van der Waals surface area contributed by atoms with Gasteiger partial charge in [0.1, 0.15) is 5.82 Å². The van der Waals surface area contributed by atoms with Gasteiger partial charge in [-0.3, -0.25) is 0 Å². The number of aromatic nitrogens is 2. The lowest BCUT2D eigenvalue weighted by Crippen LogP contribution is -2.26. The minimum absolute atomic E-state index is 0.196. The summed E-state index contributed by atoms with van der Waals surface area (Å²) in [7, 11) is -3.53. The average molecular weight is 336 g/mol. The Bertz CT molecular complexity index is 856. The van der Waals surface area contributed by atoms with Crippen LogP contribution in [0.1, 0.15) is 5.82 Å². The highest BCUT2D eigenvalue weighted by molar-refractivity contribution is 7.89. The van der Waals surface area contributed by atoms with Crippen molar-refractivity contribution in [2.24, 2.45) is 0 Å². The summed E-state index contributed by atoms with van der Waals surface area (Å²) in [6.45, 7) is 0.269. The van der Waals surface area contributed by atoms with Crippen LogP contribution in [0.2, 0.25) is 5.02 Å². The highest BCUT2D eigenvalue weighted by Crippen LogP contribution is 2.14. The maximum Gasteiger partial charge on any atom is 0.240 e. The highest BCUT2D eigenvalue weighted by atomic mass is 35.5. The minimum atomic E-state index is -3.53. The van der Waals surface area contributed by atoms with E-state index in [1.165, 1.54) is 12.1 Å². The Labute approximate surface area is 133 Å². The van der Waals surface area contributed by atoms with Crippen LogP contribution in [0.4, 0.5) is 0 Å². The average Bonchev–Trinajstić information content (AvgIpc) is 2.90. The number of sulfonamides is 1. The van der Waals surface area contributed by atoms with Crippen molar-refractivity contribution in [3.63, 3.8) is 0 Å². The predicted octanol–water partition coefficient (Wildman–Crippen LogP) is 2.74. The molecule has 0 aliphatic heterocycles. The number of nitrogens with zero attached hydrogens (tertiary/aromatic N) is 1. The fourth-order valence-corrected chi connectivity index (χ4v) is 3.28. The molecule has 0 aliphatic carbocycles. The number of para-hydroxylation sites is 2. The Kier molecular flexibility index (Phi) is 4.15. The number of hydrogen-bond donors (Lipinski definition) is 2. The van der Waals surface area contributed by atoms with Gasteiger partial charge in [-0.2, -0.15) is 0 Å². The molecule has 22 heavy (non-hydrogen) atoms. The molecule has 3 aromatic rings. The lowest BCUT2D eigenvalue weighted by Gasteiger charge is -2.05. The Hall–Kier alpha value is -1.89. The van der Waals surface area contributed by atoms with Crippen molar-refractivity contribution >= 4 is 32.7 Å². The van der Waals surface area contributed by atoms with E-state index in [0.29, 0.717) is 11.4 Å². The third-order valence-electron chi connectivity index (χ3n) is 3.22. The summed E-state index contributed by atoms with van der Waals surface area (Å²) in [6, 6.07) is 13.7. The molecule has 3 rings (SSSR count). The summed E-state index contributed by atoms with van der Waals surface area (Å²) in [5, 5.41) is 0.501. The largest absolute Gasteiger partial charge is 0.342 e. The van der Waals surface area contributed by atoms with Gasteiger partial charge < -0.3 is 4.98 Å². The Balaban J connectivity index is 1.65. The van der Waals surface area contributed by atoms with E-state index in [1.54, 1.807) is 12.1 Å². The van der Waals surface area contributed by atoms with Gasteiger partial charge in [0.2, 0.25) is 10.0 Å². The van der Waals surface area contributed by atoms with Gasteiger partial charge in [-0.1, -0.05) is 23.7 Å². The molecule has 114 valence electrons. The molecule has 2 aromatic carbocycles. The number of fused-ring (bicyclic) bond motifs is 1. The van der Waals surface area contributed by atoms with Crippen molar-refractivity contribution in [3.05, 3.63) is 59.4 Å². The van der Waals surface area contributed by atoms with Crippen LogP contribution >= 0.6 is 11.6 Å². The van der Waals surface area contributed by atoms with Crippen molar-refractivity contribution in [1.82, 2.24) is 14.7 Å². The van der Waals surface area contributed by atoms with Crippen molar-refractivity contribution in [2.45, 2.75) is 11.3 Å². The standard InChI is InChI=1S/C15H14ClN3O2S/c16-11-5-7-12(8-6-11)22(20,21)17-10-9-15-18-13-3-1-2-4-14(13)19-15/h1-8,17H,9-10H2,(H,18,19). The summed E-state index contributed by atoms with van der Waals surface area (Å²) >= 11 is 5.76. The third-order valence-corrected chi connectivity index (χ3v) is 4.95.